The van der Waals surface area contributed by atoms with Gasteiger partial charge in [0.1, 0.15) is 0 Å². The number of aliphatic hydroxyl groups is 1. The number of carbonyl (C=O) groups is 1. The number of aromatic amines is 1. The van der Waals surface area contributed by atoms with Gasteiger partial charge in [-0.2, -0.15) is 18.3 Å². The molecule has 2 heterocycles. The van der Waals surface area contributed by atoms with Crippen LogP contribution in [-0.2, 0) is 6.18 Å². The van der Waals surface area contributed by atoms with Crippen molar-refractivity contribution < 1.29 is 23.1 Å². The van der Waals surface area contributed by atoms with Crippen LogP contribution in [0.25, 0.3) is 22.0 Å². The maximum absolute atomic E-state index is 13.4. The van der Waals surface area contributed by atoms with E-state index in [1.54, 1.807) is 30.0 Å². The number of aromatic nitrogens is 2. The molecule has 2 aromatic carbocycles. The lowest BCUT2D eigenvalue weighted by atomic mass is 9.93. The number of carbonyl (C=O) groups excluding carboxylic acids is 1. The Morgan fingerprint density at radius 1 is 1.17 bits per heavy atom. The molecule has 0 bridgehead atoms. The summed E-state index contributed by atoms with van der Waals surface area (Å²) in [7, 11) is 0. The Balaban J connectivity index is 1.79. The zero-order chi connectivity index (χ0) is 20.8. The highest BCUT2D eigenvalue weighted by molar-refractivity contribution is 5.99. The number of benzene rings is 2. The zero-order valence-electron chi connectivity index (χ0n) is 15.8. The van der Waals surface area contributed by atoms with Crippen LogP contribution in [0.15, 0.2) is 36.5 Å². The van der Waals surface area contributed by atoms with E-state index in [1.807, 2.05) is 0 Å². The Bertz CT molecular complexity index is 1070. The molecule has 1 aliphatic heterocycles. The molecule has 5 nitrogen and oxygen atoms in total. The van der Waals surface area contributed by atoms with Crippen LogP contribution in [0.4, 0.5) is 13.2 Å². The number of H-pyrrole nitrogens is 1. The summed E-state index contributed by atoms with van der Waals surface area (Å²) in [6.07, 6.45) is -2.36. The van der Waals surface area contributed by atoms with E-state index >= 15 is 0 Å². The molecule has 1 fully saturated rings. The highest BCUT2D eigenvalue weighted by atomic mass is 19.4. The number of aryl methyl sites for hydroxylation is 1. The summed E-state index contributed by atoms with van der Waals surface area (Å²) in [5, 5.41) is 16.7. The third-order valence-electron chi connectivity index (χ3n) is 5.41. The summed E-state index contributed by atoms with van der Waals surface area (Å²) in [5.41, 5.74) is 1.63. The first kappa shape index (κ1) is 19.4. The van der Waals surface area contributed by atoms with E-state index in [0.717, 1.165) is 17.7 Å². The largest absolute Gasteiger partial charge is 0.416 e. The molecule has 0 aliphatic carbocycles. The van der Waals surface area contributed by atoms with Crippen LogP contribution in [0, 0.1) is 6.92 Å². The Morgan fingerprint density at radius 2 is 1.90 bits per heavy atom. The second-order valence-corrected chi connectivity index (χ2v) is 7.41. The van der Waals surface area contributed by atoms with E-state index in [0.29, 0.717) is 48.0 Å². The van der Waals surface area contributed by atoms with E-state index in [9.17, 15) is 23.1 Å². The fourth-order valence-corrected chi connectivity index (χ4v) is 3.73. The van der Waals surface area contributed by atoms with Crippen molar-refractivity contribution in [3.63, 3.8) is 0 Å². The van der Waals surface area contributed by atoms with Gasteiger partial charge in [-0.15, -0.1) is 0 Å². The Kier molecular flexibility index (Phi) is 4.82. The van der Waals surface area contributed by atoms with Gasteiger partial charge >= 0.3 is 6.18 Å². The molecular formula is C21H20F3N3O2. The molecule has 4 rings (SSSR count). The third-order valence-corrected chi connectivity index (χ3v) is 5.41. The molecule has 1 amide bonds. The van der Waals surface area contributed by atoms with Gasteiger partial charge in [0.2, 0.25) is 0 Å². The first-order valence-corrected chi connectivity index (χ1v) is 9.37. The highest BCUT2D eigenvalue weighted by Crippen LogP contribution is 2.38. The van der Waals surface area contributed by atoms with Gasteiger partial charge in [-0.3, -0.25) is 9.89 Å². The van der Waals surface area contributed by atoms with Crippen LogP contribution in [0.5, 0.6) is 0 Å². The SMILES string of the molecule is Cc1ccc(C(=O)N2CCC(O)CC2)cc1-c1cc(C(F)(F)F)cc2[nH]ncc12. The summed E-state index contributed by atoms with van der Waals surface area (Å²) in [5.74, 6) is -0.187. The Labute approximate surface area is 165 Å². The lowest BCUT2D eigenvalue weighted by molar-refractivity contribution is -0.137. The summed E-state index contributed by atoms with van der Waals surface area (Å²) >= 11 is 0. The average molecular weight is 403 g/mol. The quantitative estimate of drug-likeness (QED) is 0.675. The Hall–Kier alpha value is -2.87. The maximum atomic E-state index is 13.4. The molecule has 29 heavy (non-hydrogen) atoms. The smallest absolute Gasteiger partial charge is 0.393 e. The Morgan fingerprint density at radius 3 is 2.59 bits per heavy atom. The van der Waals surface area contributed by atoms with Crippen molar-refractivity contribution in [2.75, 3.05) is 13.1 Å². The third kappa shape index (κ3) is 3.72. The van der Waals surface area contributed by atoms with Crippen LogP contribution >= 0.6 is 0 Å². The average Bonchev–Trinajstić information content (AvgIpc) is 3.16. The minimum Gasteiger partial charge on any atom is -0.393 e. The lowest BCUT2D eigenvalue weighted by Gasteiger charge is -2.29. The van der Waals surface area contributed by atoms with Gasteiger partial charge in [0.15, 0.2) is 0 Å². The van der Waals surface area contributed by atoms with Crippen LogP contribution in [0.1, 0.15) is 34.3 Å². The van der Waals surface area contributed by atoms with E-state index < -0.39 is 17.8 Å². The second-order valence-electron chi connectivity index (χ2n) is 7.41. The monoisotopic (exact) mass is 403 g/mol. The van der Waals surface area contributed by atoms with E-state index in [2.05, 4.69) is 10.2 Å². The van der Waals surface area contributed by atoms with Crippen LogP contribution in [-0.4, -0.2) is 45.3 Å². The number of likely N-dealkylation sites (tertiary alicyclic amines) is 1. The standard InChI is InChI=1S/C21H20F3N3O2/c1-12-2-3-13(20(29)27-6-4-15(28)5-7-27)8-16(12)17-9-14(21(22,23)24)10-19-18(17)11-25-26-19/h2-3,8-11,15,28H,4-7H2,1H3,(H,25,26). The fourth-order valence-electron chi connectivity index (χ4n) is 3.73. The molecular weight excluding hydrogens is 383 g/mol. The van der Waals surface area contributed by atoms with E-state index in [4.69, 9.17) is 0 Å². The van der Waals surface area contributed by atoms with Crippen molar-refractivity contribution in [3.05, 3.63) is 53.2 Å². The number of aliphatic hydroxyl groups excluding tert-OH is 1. The molecule has 0 radical (unpaired) electrons. The first-order valence-electron chi connectivity index (χ1n) is 9.37. The predicted octanol–water partition coefficient (Wildman–Crippen LogP) is 4.15. The number of nitrogens with one attached hydrogen (secondary N) is 1. The van der Waals surface area contributed by atoms with Gasteiger partial charge in [-0.05, 0) is 60.7 Å². The molecule has 0 saturated carbocycles. The first-order chi connectivity index (χ1) is 13.7. The van der Waals surface area contributed by atoms with Crippen molar-refractivity contribution in [3.8, 4) is 11.1 Å². The fraction of sp³-hybridized carbons (Fsp3) is 0.333. The van der Waals surface area contributed by atoms with Gasteiger partial charge in [-0.1, -0.05) is 6.07 Å². The van der Waals surface area contributed by atoms with Crippen molar-refractivity contribution in [2.45, 2.75) is 32.0 Å². The molecule has 8 heteroatoms. The number of amides is 1. The molecule has 0 atom stereocenters. The van der Waals surface area contributed by atoms with Gasteiger partial charge in [0, 0.05) is 24.0 Å². The van der Waals surface area contributed by atoms with Gasteiger partial charge in [0.25, 0.3) is 5.91 Å². The van der Waals surface area contributed by atoms with E-state index in [-0.39, 0.29) is 11.4 Å². The van der Waals surface area contributed by atoms with Gasteiger partial charge < -0.3 is 10.0 Å². The van der Waals surface area contributed by atoms with Crippen molar-refractivity contribution in [1.29, 1.82) is 0 Å². The topological polar surface area (TPSA) is 69.2 Å². The summed E-state index contributed by atoms with van der Waals surface area (Å²) in [4.78, 5) is 14.6. The van der Waals surface area contributed by atoms with Gasteiger partial charge in [-0.25, -0.2) is 0 Å². The number of hydrogen-bond acceptors (Lipinski definition) is 3. The summed E-state index contributed by atoms with van der Waals surface area (Å²) in [6, 6.07) is 7.21. The second kappa shape index (κ2) is 7.18. The van der Waals surface area contributed by atoms with Crippen LogP contribution in [0.3, 0.4) is 0 Å². The number of hydrogen-bond donors (Lipinski definition) is 2. The van der Waals surface area contributed by atoms with E-state index in [1.165, 1.54) is 6.20 Å². The molecule has 1 saturated heterocycles. The number of halogens is 3. The molecule has 1 aliphatic rings. The minimum absolute atomic E-state index is 0.187. The normalized spacial score (nSPS) is 15.8. The summed E-state index contributed by atoms with van der Waals surface area (Å²) in [6.45, 7) is 2.71. The number of rotatable bonds is 2. The number of fused-ring (bicyclic) bond motifs is 1. The van der Waals surface area contributed by atoms with Crippen molar-refractivity contribution >= 4 is 16.8 Å². The number of nitrogens with zero attached hydrogens (tertiary/aromatic N) is 2. The lowest BCUT2D eigenvalue weighted by Crippen LogP contribution is -2.40. The summed E-state index contributed by atoms with van der Waals surface area (Å²) < 4.78 is 40.2. The maximum Gasteiger partial charge on any atom is 0.416 e. The minimum atomic E-state index is -4.50. The highest BCUT2D eigenvalue weighted by Gasteiger charge is 2.32. The van der Waals surface area contributed by atoms with Crippen LogP contribution in [0.2, 0.25) is 0 Å². The number of piperidine rings is 1. The van der Waals surface area contributed by atoms with Crippen molar-refractivity contribution in [2.24, 2.45) is 0 Å². The molecule has 3 aromatic rings. The van der Waals surface area contributed by atoms with Crippen molar-refractivity contribution in [1.82, 2.24) is 15.1 Å². The molecule has 0 unspecified atom stereocenters. The molecule has 152 valence electrons. The van der Waals surface area contributed by atoms with Gasteiger partial charge in [0.05, 0.1) is 23.4 Å². The van der Waals surface area contributed by atoms with Crippen LogP contribution < -0.4 is 0 Å². The molecule has 1 aromatic heterocycles. The molecule has 0 spiro atoms. The molecule has 2 N–H and O–H groups in total. The predicted molar refractivity (Wildman–Crippen MR) is 102 cm³/mol. The number of alkyl halides is 3. The zero-order valence-corrected chi connectivity index (χ0v) is 15.8.